The fraction of sp³-hybridized carbons (Fsp3) is 0.200. The molecular formula is C10H10ClNO. The maximum absolute atomic E-state index is 5.72. The number of benzene rings is 1. The number of rotatable bonds is 2. The van der Waals surface area contributed by atoms with Crippen LogP contribution in [0.3, 0.4) is 0 Å². The van der Waals surface area contributed by atoms with Crippen molar-refractivity contribution >= 4 is 22.6 Å². The van der Waals surface area contributed by atoms with Crippen LogP contribution in [0.1, 0.15) is 5.56 Å². The van der Waals surface area contributed by atoms with Crippen molar-refractivity contribution in [1.29, 1.82) is 0 Å². The summed E-state index contributed by atoms with van der Waals surface area (Å²) in [6.45, 7) is 0.653. The SMILES string of the molecule is NCCc1ccc2cc(Cl)oc2c1. The second kappa shape index (κ2) is 3.40. The molecule has 2 nitrogen and oxygen atoms in total. The van der Waals surface area contributed by atoms with Crippen molar-refractivity contribution in [2.24, 2.45) is 5.73 Å². The average Bonchev–Trinajstić information content (AvgIpc) is 2.44. The highest BCUT2D eigenvalue weighted by molar-refractivity contribution is 6.29. The molecule has 13 heavy (non-hydrogen) atoms. The molecule has 0 saturated heterocycles. The van der Waals surface area contributed by atoms with E-state index in [2.05, 4.69) is 0 Å². The van der Waals surface area contributed by atoms with Gasteiger partial charge in [0.1, 0.15) is 5.58 Å². The van der Waals surface area contributed by atoms with E-state index in [9.17, 15) is 0 Å². The van der Waals surface area contributed by atoms with Gasteiger partial charge in [0, 0.05) is 11.5 Å². The fourth-order valence-corrected chi connectivity index (χ4v) is 1.57. The summed E-state index contributed by atoms with van der Waals surface area (Å²) in [7, 11) is 0. The molecule has 0 radical (unpaired) electrons. The molecule has 0 aliphatic rings. The van der Waals surface area contributed by atoms with Crippen LogP contribution in [0.5, 0.6) is 0 Å². The summed E-state index contributed by atoms with van der Waals surface area (Å²) >= 11 is 5.72. The minimum Gasteiger partial charge on any atom is -0.445 e. The Morgan fingerprint density at radius 2 is 2.15 bits per heavy atom. The van der Waals surface area contributed by atoms with Crippen molar-refractivity contribution in [2.75, 3.05) is 6.54 Å². The summed E-state index contributed by atoms with van der Waals surface area (Å²) in [6, 6.07) is 7.83. The third-order valence-corrected chi connectivity index (χ3v) is 2.17. The van der Waals surface area contributed by atoms with Gasteiger partial charge in [0.2, 0.25) is 0 Å². The maximum Gasteiger partial charge on any atom is 0.194 e. The molecule has 2 aromatic rings. The first-order chi connectivity index (χ1) is 6.29. The third kappa shape index (κ3) is 1.69. The van der Waals surface area contributed by atoms with E-state index in [1.54, 1.807) is 0 Å². The fourth-order valence-electron chi connectivity index (χ4n) is 1.37. The van der Waals surface area contributed by atoms with Crippen LogP contribution < -0.4 is 5.73 Å². The van der Waals surface area contributed by atoms with E-state index in [4.69, 9.17) is 21.8 Å². The van der Waals surface area contributed by atoms with E-state index in [1.807, 2.05) is 24.3 Å². The van der Waals surface area contributed by atoms with E-state index in [0.29, 0.717) is 11.8 Å². The normalized spacial score (nSPS) is 10.9. The minimum absolute atomic E-state index is 0.430. The summed E-state index contributed by atoms with van der Waals surface area (Å²) in [5, 5.41) is 1.46. The van der Waals surface area contributed by atoms with Gasteiger partial charge in [-0.15, -0.1) is 0 Å². The quantitative estimate of drug-likeness (QED) is 0.800. The summed E-state index contributed by atoms with van der Waals surface area (Å²) in [5.41, 5.74) is 7.46. The van der Waals surface area contributed by atoms with E-state index >= 15 is 0 Å². The van der Waals surface area contributed by atoms with Crippen LogP contribution >= 0.6 is 11.6 Å². The lowest BCUT2D eigenvalue weighted by Crippen LogP contribution is -2.02. The van der Waals surface area contributed by atoms with E-state index in [0.717, 1.165) is 17.4 Å². The lowest BCUT2D eigenvalue weighted by Gasteiger charge is -1.96. The second-order valence-corrected chi connectivity index (χ2v) is 3.33. The molecule has 68 valence electrons. The Labute approximate surface area is 81.3 Å². The first-order valence-corrected chi connectivity index (χ1v) is 4.55. The van der Waals surface area contributed by atoms with Gasteiger partial charge in [-0.25, -0.2) is 0 Å². The predicted octanol–water partition coefficient (Wildman–Crippen LogP) is 2.59. The van der Waals surface area contributed by atoms with Crippen LogP contribution in [0, 0.1) is 0 Å². The zero-order valence-corrected chi connectivity index (χ0v) is 7.84. The first-order valence-electron chi connectivity index (χ1n) is 4.17. The van der Waals surface area contributed by atoms with Crippen LogP contribution in [-0.2, 0) is 6.42 Å². The number of furan rings is 1. The molecule has 0 atom stereocenters. The Hall–Kier alpha value is -0.990. The largest absolute Gasteiger partial charge is 0.445 e. The van der Waals surface area contributed by atoms with Crippen molar-refractivity contribution in [3.63, 3.8) is 0 Å². The van der Waals surface area contributed by atoms with Gasteiger partial charge >= 0.3 is 0 Å². The van der Waals surface area contributed by atoms with Gasteiger partial charge in [0.05, 0.1) is 0 Å². The van der Waals surface area contributed by atoms with Gasteiger partial charge in [-0.3, -0.25) is 0 Å². The molecule has 0 bridgehead atoms. The minimum atomic E-state index is 0.430. The molecule has 1 heterocycles. The van der Waals surface area contributed by atoms with Crippen LogP contribution in [0.25, 0.3) is 11.0 Å². The van der Waals surface area contributed by atoms with E-state index in [-0.39, 0.29) is 0 Å². The lowest BCUT2D eigenvalue weighted by molar-refractivity contribution is 0.617. The molecule has 1 aromatic carbocycles. The summed E-state index contributed by atoms with van der Waals surface area (Å²) in [6.07, 6.45) is 0.869. The number of nitrogens with two attached hydrogens (primary N) is 1. The van der Waals surface area contributed by atoms with Crippen LogP contribution in [-0.4, -0.2) is 6.54 Å². The molecule has 0 saturated carbocycles. The Morgan fingerprint density at radius 1 is 1.31 bits per heavy atom. The lowest BCUT2D eigenvalue weighted by atomic mass is 10.1. The molecular weight excluding hydrogens is 186 g/mol. The second-order valence-electron chi connectivity index (χ2n) is 2.96. The molecule has 0 aliphatic carbocycles. The van der Waals surface area contributed by atoms with Crippen LogP contribution in [0.15, 0.2) is 28.7 Å². The van der Waals surface area contributed by atoms with E-state index < -0.39 is 0 Å². The van der Waals surface area contributed by atoms with Crippen molar-refractivity contribution in [1.82, 2.24) is 0 Å². The molecule has 0 spiro atoms. The predicted molar refractivity (Wildman–Crippen MR) is 54.0 cm³/mol. The maximum atomic E-state index is 5.72. The summed E-state index contributed by atoms with van der Waals surface area (Å²) in [4.78, 5) is 0. The van der Waals surface area contributed by atoms with Gasteiger partial charge in [0.25, 0.3) is 0 Å². The van der Waals surface area contributed by atoms with Crippen LogP contribution in [0.2, 0.25) is 5.22 Å². The Bertz CT molecular complexity index is 422. The summed E-state index contributed by atoms with van der Waals surface area (Å²) in [5.74, 6) is 0. The zero-order chi connectivity index (χ0) is 9.26. The number of fused-ring (bicyclic) bond motifs is 1. The topological polar surface area (TPSA) is 39.2 Å². The van der Waals surface area contributed by atoms with Gasteiger partial charge in [0.15, 0.2) is 5.22 Å². The summed E-state index contributed by atoms with van der Waals surface area (Å²) < 4.78 is 5.28. The number of hydrogen-bond donors (Lipinski definition) is 1. The van der Waals surface area contributed by atoms with Crippen LogP contribution in [0.4, 0.5) is 0 Å². The molecule has 2 rings (SSSR count). The molecule has 0 aliphatic heterocycles. The number of halogens is 1. The smallest absolute Gasteiger partial charge is 0.194 e. The van der Waals surface area contributed by atoms with Crippen molar-refractivity contribution in [2.45, 2.75) is 6.42 Å². The number of hydrogen-bond acceptors (Lipinski definition) is 2. The van der Waals surface area contributed by atoms with Crippen molar-refractivity contribution < 1.29 is 4.42 Å². The first kappa shape index (κ1) is 8.60. The Morgan fingerprint density at radius 3 is 2.92 bits per heavy atom. The zero-order valence-electron chi connectivity index (χ0n) is 7.09. The van der Waals surface area contributed by atoms with Crippen molar-refractivity contribution in [3.05, 3.63) is 35.0 Å². The van der Waals surface area contributed by atoms with Gasteiger partial charge in [-0.2, -0.15) is 0 Å². The standard InChI is InChI=1S/C10H10ClNO/c11-10-6-8-2-1-7(3-4-12)5-9(8)13-10/h1-2,5-6H,3-4,12H2. The highest BCUT2D eigenvalue weighted by Crippen LogP contribution is 2.23. The molecule has 1 aromatic heterocycles. The van der Waals surface area contributed by atoms with Gasteiger partial charge < -0.3 is 10.2 Å². The van der Waals surface area contributed by atoms with E-state index in [1.165, 1.54) is 5.56 Å². The van der Waals surface area contributed by atoms with Crippen molar-refractivity contribution in [3.8, 4) is 0 Å². The third-order valence-electron chi connectivity index (χ3n) is 1.99. The highest BCUT2D eigenvalue weighted by Gasteiger charge is 2.01. The molecule has 2 N–H and O–H groups in total. The van der Waals surface area contributed by atoms with Gasteiger partial charge in [-0.05, 0) is 36.2 Å². The Kier molecular flexibility index (Phi) is 2.25. The van der Waals surface area contributed by atoms with Gasteiger partial charge in [-0.1, -0.05) is 12.1 Å². The molecule has 0 amide bonds. The Balaban J connectivity index is 2.48. The average molecular weight is 196 g/mol. The molecule has 3 heteroatoms. The molecule has 0 unspecified atom stereocenters. The molecule has 0 fully saturated rings. The highest BCUT2D eigenvalue weighted by atomic mass is 35.5. The monoisotopic (exact) mass is 195 g/mol.